The maximum Gasteiger partial charge on any atom is 0.407 e. The molecule has 2 aliphatic heterocycles. The fraction of sp³-hybridized carbons (Fsp3) is 0.500. The van der Waals surface area contributed by atoms with Crippen molar-refractivity contribution in [2.45, 2.75) is 31.7 Å². The van der Waals surface area contributed by atoms with Crippen LogP contribution >= 0.6 is 0 Å². The van der Waals surface area contributed by atoms with Crippen LogP contribution in [0.15, 0.2) is 24.3 Å². The number of likely N-dealkylation sites (tertiary alicyclic amines) is 1. The van der Waals surface area contributed by atoms with Crippen LogP contribution in [0.4, 0.5) is 4.79 Å². The lowest BCUT2D eigenvalue weighted by Crippen LogP contribution is -2.53. The zero-order chi connectivity index (χ0) is 15.0. The van der Waals surface area contributed by atoms with Crippen molar-refractivity contribution in [3.8, 4) is 0 Å². The number of carboxylic acid groups (broad SMARTS) is 1. The second-order valence-corrected chi connectivity index (χ2v) is 6.08. The van der Waals surface area contributed by atoms with Crippen LogP contribution in [0.2, 0.25) is 0 Å². The minimum absolute atomic E-state index is 0.0875. The lowest BCUT2D eigenvalue weighted by atomic mass is 9.69. The van der Waals surface area contributed by atoms with E-state index in [-0.39, 0.29) is 11.3 Å². The third-order valence-electron chi connectivity index (χ3n) is 4.88. The molecular formula is C16H20N2O3. The van der Waals surface area contributed by atoms with E-state index in [1.54, 1.807) is 6.92 Å². The second-order valence-electron chi connectivity index (χ2n) is 6.08. The topological polar surface area (TPSA) is 60.9 Å². The molecule has 1 N–H and O–H groups in total. The zero-order valence-electron chi connectivity index (χ0n) is 12.2. The molecule has 0 aromatic heterocycles. The normalized spacial score (nSPS) is 20.2. The number of carbonyl (C=O) groups is 2. The molecule has 0 radical (unpaired) electrons. The smallest absolute Gasteiger partial charge is 0.407 e. The van der Waals surface area contributed by atoms with E-state index in [2.05, 4.69) is 12.1 Å². The highest BCUT2D eigenvalue weighted by molar-refractivity contribution is 5.74. The number of piperidine rings is 1. The van der Waals surface area contributed by atoms with Gasteiger partial charge in [0.1, 0.15) is 0 Å². The van der Waals surface area contributed by atoms with E-state index in [1.807, 2.05) is 17.0 Å². The highest BCUT2D eigenvalue weighted by atomic mass is 16.4. The summed E-state index contributed by atoms with van der Waals surface area (Å²) in [6.07, 6.45) is 0.706. The number of hydrogen-bond donors (Lipinski definition) is 1. The maximum absolute atomic E-state index is 11.8. The molecule has 0 bridgehead atoms. The van der Waals surface area contributed by atoms with E-state index in [1.165, 1.54) is 16.0 Å². The number of hydrogen-bond acceptors (Lipinski definition) is 2. The van der Waals surface area contributed by atoms with Gasteiger partial charge < -0.3 is 14.9 Å². The molecule has 21 heavy (non-hydrogen) atoms. The van der Waals surface area contributed by atoms with Gasteiger partial charge in [-0.2, -0.15) is 0 Å². The lowest BCUT2D eigenvalue weighted by Gasteiger charge is -2.48. The zero-order valence-corrected chi connectivity index (χ0v) is 12.2. The number of fused-ring (bicyclic) bond motifs is 2. The van der Waals surface area contributed by atoms with Gasteiger partial charge in [0.25, 0.3) is 0 Å². The monoisotopic (exact) mass is 288 g/mol. The second kappa shape index (κ2) is 5.06. The van der Waals surface area contributed by atoms with E-state index in [0.29, 0.717) is 26.2 Å². The summed E-state index contributed by atoms with van der Waals surface area (Å²) in [5, 5.41) is 9.12. The molecule has 5 nitrogen and oxygen atoms in total. The largest absolute Gasteiger partial charge is 0.465 e. The number of amides is 2. The third-order valence-corrected chi connectivity index (χ3v) is 4.88. The Hall–Kier alpha value is -2.04. The molecule has 0 saturated carbocycles. The summed E-state index contributed by atoms with van der Waals surface area (Å²) in [6, 6.07) is 8.26. The number of nitrogens with zero attached hydrogens (tertiary/aromatic N) is 2. The first kappa shape index (κ1) is 13.9. The highest BCUT2D eigenvalue weighted by Gasteiger charge is 2.43. The van der Waals surface area contributed by atoms with Gasteiger partial charge in [-0.15, -0.1) is 0 Å². The average Bonchev–Trinajstić information content (AvgIpc) is 2.47. The maximum atomic E-state index is 11.8. The van der Waals surface area contributed by atoms with Crippen LogP contribution in [-0.4, -0.2) is 46.5 Å². The Kier molecular flexibility index (Phi) is 3.35. The Bertz CT molecular complexity index is 577. The number of rotatable bonds is 0. The Labute approximate surface area is 124 Å². The van der Waals surface area contributed by atoms with E-state index in [0.717, 1.165) is 12.8 Å². The Morgan fingerprint density at radius 2 is 1.81 bits per heavy atom. The van der Waals surface area contributed by atoms with Crippen LogP contribution in [0.25, 0.3) is 0 Å². The summed E-state index contributed by atoms with van der Waals surface area (Å²) in [6.45, 7) is 4.04. The molecule has 2 heterocycles. The molecule has 0 atom stereocenters. The van der Waals surface area contributed by atoms with Gasteiger partial charge in [0, 0.05) is 38.5 Å². The Balaban J connectivity index is 1.94. The van der Waals surface area contributed by atoms with Crippen molar-refractivity contribution in [1.29, 1.82) is 0 Å². The highest BCUT2D eigenvalue weighted by Crippen LogP contribution is 2.41. The van der Waals surface area contributed by atoms with Gasteiger partial charge in [-0.3, -0.25) is 4.79 Å². The molecule has 5 heteroatoms. The predicted octanol–water partition coefficient (Wildman–Crippen LogP) is 2.06. The summed E-state index contributed by atoms with van der Waals surface area (Å²) in [7, 11) is 0. The molecular weight excluding hydrogens is 268 g/mol. The summed E-state index contributed by atoms with van der Waals surface area (Å²) in [5.74, 6) is 0.0875. The molecule has 3 rings (SSSR count). The van der Waals surface area contributed by atoms with E-state index < -0.39 is 6.09 Å². The Morgan fingerprint density at radius 3 is 2.43 bits per heavy atom. The molecule has 1 saturated heterocycles. The van der Waals surface area contributed by atoms with Crippen molar-refractivity contribution in [3.05, 3.63) is 35.4 Å². The third kappa shape index (κ3) is 2.37. The van der Waals surface area contributed by atoms with Crippen LogP contribution in [0.1, 0.15) is 30.9 Å². The molecule has 1 aromatic carbocycles. The first-order valence-corrected chi connectivity index (χ1v) is 7.34. The average molecular weight is 288 g/mol. The fourth-order valence-corrected chi connectivity index (χ4v) is 3.66. The molecule has 0 aliphatic carbocycles. The fourth-order valence-electron chi connectivity index (χ4n) is 3.66. The van der Waals surface area contributed by atoms with Crippen LogP contribution in [0, 0.1) is 0 Å². The van der Waals surface area contributed by atoms with Crippen molar-refractivity contribution in [2.24, 2.45) is 0 Å². The summed E-state index contributed by atoms with van der Waals surface area (Å²) in [4.78, 5) is 26.3. The van der Waals surface area contributed by atoms with Crippen LogP contribution < -0.4 is 0 Å². The molecule has 112 valence electrons. The predicted molar refractivity (Wildman–Crippen MR) is 78.0 cm³/mol. The summed E-state index contributed by atoms with van der Waals surface area (Å²) in [5.41, 5.74) is 2.40. The molecule has 1 aromatic rings. The van der Waals surface area contributed by atoms with Crippen LogP contribution in [0.3, 0.4) is 0 Å². The van der Waals surface area contributed by atoms with Gasteiger partial charge >= 0.3 is 6.09 Å². The van der Waals surface area contributed by atoms with E-state index in [9.17, 15) is 9.59 Å². The first-order valence-electron chi connectivity index (χ1n) is 7.34. The van der Waals surface area contributed by atoms with Gasteiger partial charge in [0.15, 0.2) is 0 Å². The molecule has 1 fully saturated rings. The van der Waals surface area contributed by atoms with E-state index in [4.69, 9.17) is 5.11 Å². The van der Waals surface area contributed by atoms with E-state index >= 15 is 0 Å². The minimum atomic E-state index is -0.850. The quantitative estimate of drug-likeness (QED) is 0.795. The van der Waals surface area contributed by atoms with Gasteiger partial charge in [0.2, 0.25) is 5.91 Å². The number of benzene rings is 1. The number of carbonyl (C=O) groups excluding carboxylic acids is 1. The van der Waals surface area contributed by atoms with Crippen LogP contribution in [0.5, 0.6) is 0 Å². The van der Waals surface area contributed by atoms with Crippen molar-refractivity contribution in [3.63, 3.8) is 0 Å². The lowest BCUT2D eigenvalue weighted by molar-refractivity contribution is -0.131. The van der Waals surface area contributed by atoms with Gasteiger partial charge in [0.05, 0.1) is 0 Å². The summed E-state index contributed by atoms with van der Waals surface area (Å²) >= 11 is 0. The molecule has 0 unspecified atom stereocenters. The van der Waals surface area contributed by atoms with Crippen molar-refractivity contribution in [1.82, 2.24) is 9.80 Å². The molecule has 2 aliphatic rings. The Morgan fingerprint density at radius 1 is 1.14 bits per heavy atom. The van der Waals surface area contributed by atoms with Gasteiger partial charge in [-0.1, -0.05) is 24.3 Å². The molecule has 1 spiro atoms. The van der Waals surface area contributed by atoms with Crippen molar-refractivity contribution >= 4 is 12.0 Å². The molecule has 2 amide bonds. The minimum Gasteiger partial charge on any atom is -0.465 e. The van der Waals surface area contributed by atoms with Crippen LogP contribution in [-0.2, 0) is 16.8 Å². The van der Waals surface area contributed by atoms with Crippen molar-refractivity contribution in [2.75, 3.05) is 19.6 Å². The summed E-state index contributed by atoms with van der Waals surface area (Å²) < 4.78 is 0. The van der Waals surface area contributed by atoms with Gasteiger partial charge in [-0.25, -0.2) is 4.79 Å². The first-order chi connectivity index (χ1) is 10.0. The van der Waals surface area contributed by atoms with Crippen molar-refractivity contribution < 1.29 is 14.7 Å². The van der Waals surface area contributed by atoms with Gasteiger partial charge in [-0.05, 0) is 24.0 Å². The SMILES string of the molecule is CC(=O)N1Cc2ccccc2C2(CCN(C(=O)O)CC2)C1. The standard InChI is InChI=1S/C16H20N2O3/c1-12(19)18-10-13-4-2-3-5-14(13)16(11-18)6-8-17(9-7-16)15(20)21/h2-5H,6-11H2,1H3,(H,20,21).